The average Bonchev–Trinajstić information content (AvgIpc) is 3.34. The summed E-state index contributed by atoms with van der Waals surface area (Å²) in [7, 11) is 1.83. The predicted octanol–water partition coefficient (Wildman–Crippen LogP) is 1.84. The lowest BCUT2D eigenvalue weighted by molar-refractivity contribution is -0.126. The van der Waals surface area contributed by atoms with Gasteiger partial charge in [-0.1, -0.05) is 13.3 Å². The molecular weight excluding hydrogens is 304 g/mol. The molecule has 1 saturated carbocycles. The van der Waals surface area contributed by atoms with E-state index < -0.39 is 0 Å². The molecule has 1 aromatic rings. The number of nitrogens with one attached hydrogen (secondary N) is 1. The van der Waals surface area contributed by atoms with Crippen LogP contribution >= 0.6 is 0 Å². The SMILES string of the molecule is CCCCN(C)C(=O)c1ncn2c1CCC(C(=O)NCC1CC1)C2. The number of carbonyl (C=O) groups excluding carboxylic acids is 2. The summed E-state index contributed by atoms with van der Waals surface area (Å²) in [5.41, 5.74) is 1.54. The monoisotopic (exact) mass is 332 g/mol. The van der Waals surface area contributed by atoms with E-state index in [0.717, 1.165) is 44.5 Å². The lowest BCUT2D eigenvalue weighted by Crippen LogP contribution is -2.37. The van der Waals surface area contributed by atoms with Gasteiger partial charge >= 0.3 is 0 Å². The van der Waals surface area contributed by atoms with E-state index in [4.69, 9.17) is 0 Å². The molecular formula is C18H28N4O2. The summed E-state index contributed by atoms with van der Waals surface area (Å²) in [6.45, 7) is 4.32. The molecule has 0 bridgehead atoms. The summed E-state index contributed by atoms with van der Waals surface area (Å²) >= 11 is 0. The standard InChI is InChI=1S/C18H28N4O2/c1-3-4-9-21(2)18(24)16-15-8-7-14(11-22(15)12-20-16)17(23)19-10-13-5-6-13/h12-14H,3-11H2,1-2H3,(H,19,23). The Bertz CT molecular complexity index is 606. The number of amides is 2. The van der Waals surface area contributed by atoms with E-state index in [-0.39, 0.29) is 17.7 Å². The van der Waals surface area contributed by atoms with Crippen LogP contribution in [0.15, 0.2) is 6.33 Å². The number of hydrogen-bond acceptors (Lipinski definition) is 3. The molecule has 1 fully saturated rings. The normalized spacial score (nSPS) is 19.7. The van der Waals surface area contributed by atoms with Crippen molar-refractivity contribution < 1.29 is 9.59 Å². The van der Waals surface area contributed by atoms with Gasteiger partial charge in [0.05, 0.1) is 17.9 Å². The van der Waals surface area contributed by atoms with Crippen LogP contribution in [0.4, 0.5) is 0 Å². The number of unbranched alkanes of at least 4 members (excludes halogenated alkanes) is 1. The second-order valence-corrected chi connectivity index (χ2v) is 7.20. The van der Waals surface area contributed by atoms with Crippen LogP contribution in [0.25, 0.3) is 0 Å². The van der Waals surface area contributed by atoms with E-state index in [1.807, 2.05) is 11.6 Å². The molecule has 132 valence electrons. The Kier molecular flexibility index (Phi) is 5.21. The van der Waals surface area contributed by atoms with Crippen LogP contribution in [-0.2, 0) is 17.8 Å². The van der Waals surface area contributed by atoms with Gasteiger partial charge in [-0.15, -0.1) is 0 Å². The van der Waals surface area contributed by atoms with Gasteiger partial charge in [-0.3, -0.25) is 9.59 Å². The van der Waals surface area contributed by atoms with Crippen LogP contribution in [0.2, 0.25) is 0 Å². The Morgan fingerprint density at radius 1 is 1.38 bits per heavy atom. The highest BCUT2D eigenvalue weighted by Crippen LogP contribution is 2.28. The number of rotatable bonds is 7. The Labute approximate surface area is 143 Å². The van der Waals surface area contributed by atoms with E-state index in [1.165, 1.54) is 12.8 Å². The largest absolute Gasteiger partial charge is 0.356 e. The van der Waals surface area contributed by atoms with Crippen LogP contribution < -0.4 is 5.32 Å². The third-order valence-electron chi connectivity index (χ3n) is 5.12. The first-order valence-corrected chi connectivity index (χ1v) is 9.17. The van der Waals surface area contributed by atoms with Crippen molar-refractivity contribution in [2.45, 2.75) is 52.0 Å². The van der Waals surface area contributed by atoms with E-state index in [1.54, 1.807) is 11.2 Å². The quantitative estimate of drug-likeness (QED) is 0.828. The molecule has 1 aromatic heterocycles. The zero-order valence-electron chi connectivity index (χ0n) is 14.8. The maximum atomic E-state index is 12.6. The number of nitrogens with zero attached hydrogens (tertiary/aromatic N) is 3. The predicted molar refractivity (Wildman–Crippen MR) is 91.6 cm³/mol. The molecule has 3 rings (SSSR count). The summed E-state index contributed by atoms with van der Waals surface area (Å²) in [5.74, 6) is 0.832. The summed E-state index contributed by atoms with van der Waals surface area (Å²) in [6, 6.07) is 0. The molecule has 2 amide bonds. The second-order valence-electron chi connectivity index (χ2n) is 7.20. The number of carbonyl (C=O) groups is 2. The van der Waals surface area contributed by atoms with Crippen molar-refractivity contribution in [1.29, 1.82) is 0 Å². The molecule has 1 unspecified atom stereocenters. The number of hydrogen-bond donors (Lipinski definition) is 1. The van der Waals surface area contributed by atoms with E-state index in [2.05, 4.69) is 17.2 Å². The van der Waals surface area contributed by atoms with Crippen LogP contribution in [0.3, 0.4) is 0 Å². The molecule has 0 saturated heterocycles. The molecule has 24 heavy (non-hydrogen) atoms. The lowest BCUT2D eigenvalue weighted by atomic mass is 9.96. The van der Waals surface area contributed by atoms with Gasteiger partial charge in [0, 0.05) is 26.7 Å². The van der Waals surface area contributed by atoms with E-state index in [0.29, 0.717) is 18.2 Å². The van der Waals surface area contributed by atoms with Crippen LogP contribution in [0, 0.1) is 11.8 Å². The fourth-order valence-electron chi connectivity index (χ4n) is 3.25. The summed E-state index contributed by atoms with van der Waals surface area (Å²) in [5, 5.41) is 3.07. The van der Waals surface area contributed by atoms with E-state index >= 15 is 0 Å². The molecule has 2 heterocycles. The first kappa shape index (κ1) is 17.0. The first-order chi connectivity index (χ1) is 11.6. The van der Waals surface area contributed by atoms with Gasteiger partial charge in [-0.05, 0) is 38.0 Å². The minimum atomic E-state index is -0.00813. The van der Waals surface area contributed by atoms with Crippen molar-refractivity contribution in [3.63, 3.8) is 0 Å². The molecule has 0 radical (unpaired) electrons. The summed E-state index contributed by atoms with van der Waals surface area (Å²) in [4.78, 5) is 30.9. The van der Waals surface area contributed by atoms with Crippen molar-refractivity contribution in [3.8, 4) is 0 Å². The van der Waals surface area contributed by atoms with Crippen molar-refractivity contribution in [1.82, 2.24) is 19.8 Å². The third kappa shape index (κ3) is 3.79. The first-order valence-electron chi connectivity index (χ1n) is 9.17. The third-order valence-corrected chi connectivity index (χ3v) is 5.12. The maximum Gasteiger partial charge on any atom is 0.274 e. The van der Waals surface area contributed by atoms with Crippen molar-refractivity contribution >= 4 is 11.8 Å². The molecule has 1 aliphatic heterocycles. The Hall–Kier alpha value is -1.85. The van der Waals surface area contributed by atoms with Gasteiger partial charge in [0.15, 0.2) is 0 Å². The van der Waals surface area contributed by atoms with Gasteiger partial charge in [0.25, 0.3) is 5.91 Å². The average molecular weight is 332 g/mol. The van der Waals surface area contributed by atoms with Crippen molar-refractivity contribution in [2.24, 2.45) is 11.8 Å². The molecule has 1 N–H and O–H groups in total. The number of aromatic nitrogens is 2. The van der Waals surface area contributed by atoms with E-state index in [9.17, 15) is 9.59 Å². The highest BCUT2D eigenvalue weighted by atomic mass is 16.2. The minimum absolute atomic E-state index is 0.00571. The van der Waals surface area contributed by atoms with Crippen molar-refractivity contribution in [2.75, 3.05) is 20.1 Å². The van der Waals surface area contributed by atoms with Crippen LogP contribution in [-0.4, -0.2) is 46.4 Å². The smallest absolute Gasteiger partial charge is 0.274 e. The van der Waals surface area contributed by atoms with Crippen molar-refractivity contribution in [3.05, 3.63) is 17.7 Å². The molecule has 1 aliphatic carbocycles. The second kappa shape index (κ2) is 7.36. The Balaban J connectivity index is 1.60. The zero-order valence-corrected chi connectivity index (χ0v) is 14.8. The van der Waals surface area contributed by atoms with Gasteiger partial charge in [-0.25, -0.2) is 4.98 Å². The summed E-state index contributed by atoms with van der Waals surface area (Å²) < 4.78 is 1.99. The fourth-order valence-corrected chi connectivity index (χ4v) is 3.25. The lowest BCUT2D eigenvalue weighted by Gasteiger charge is -2.24. The molecule has 1 atom stereocenters. The Morgan fingerprint density at radius 3 is 2.88 bits per heavy atom. The zero-order chi connectivity index (χ0) is 17.1. The molecule has 2 aliphatic rings. The maximum absolute atomic E-state index is 12.6. The van der Waals surface area contributed by atoms with Gasteiger partial charge in [0.2, 0.25) is 5.91 Å². The molecule has 6 nitrogen and oxygen atoms in total. The molecule has 0 spiro atoms. The van der Waals surface area contributed by atoms with Gasteiger partial charge in [-0.2, -0.15) is 0 Å². The summed E-state index contributed by atoms with van der Waals surface area (Å²) in [6.07, 6.45) is 7.81. The van der Waals surface area contributed by atoms with Gasteiger partial charge < -0.3 is 14.8 Å². The molecule has 6 heteroatoms. The Morgan fingerprint density at radius 2 is 2.17 bits per heavy atom. The topological polar surface area (TPSA) is 67.2 Å². The highest BCUT2D eigenvalue weighted by Gasteiger charge is 2.30. The number of imidazole rings is 1. The van der Waals surface area contributed by atoms with Crippen LogP contribution in [0.5, 0.6) is 0 Å². The highest BCUT2D eigenvalue weighted by molar-refractivity contribution is 5.93. The fraction of sp³-hybridized carbons (Fsp3) is 0.722. The molecule has 0 aromatic carbocycles. The van der Waals surface area contributed by atoms with Gasteiger partial charge in [0.1, 0.15) is 5.69 Å². The number of fused-ring (bicyclic) bond motifs is 1. The minimum Gasteiger partial charge on any atom is -0.356 e. The van der Waals surface area contributed by atoms with Crippen LogP contribution in [0.1, 0.15) is 55.2 Å².